The summed E-state index contributed by atoms with van der Waals surface area (Å²) in [5.41, 5.74) is 6.98. The highest BCUT2D eigenvalue weighted by Gasteiger charge is 1.89. The van der Waals surface area contributed by atoms with Gasteiger partial charge in [0.15, 0.2) is 0 Å². The fraction of sp³-hybridized carbons (Fsp3) is 0.200. The molecular weight excluding hydrogens is 164 g/mol. The van der Waals surface area contributed by atoms with Crippen molar-refractivity contribution in [3.05, 3.63) is 35.7 Å². The number of carbonyl (C=O) groups is 1. The van der Waals surface area contributed by atoms with Gasteiger partial charge in [0, 0.05) is 18.3 Å². The maximum Gasteiger partial charge on any atom is 0.221 e. The van der Waals surface area contributed by atoms with E-state index in [0.717, 1.165) is 11.3 Å². The molecule has 13 heavy (non-hydrogen) atoms. The van der Waals surface area contributed by atoms with Gasteiger partial charge in [-0.3, -0.25) is 9.78 Å². The van der Waals surface area contributed by atoms with Gasteiger partial charge in [0.1, 0.15) is 0 Å². The van der Waals surface area contributed by atoms with E-state index in [0.29, 0.717) is 0 Å². The summed E-state index contributed by atoms with van der Waals surface area (Å²) in [6, 6.07) is 3.82. The molecule has 0 aliphatic heterocycles. The van der Waals surface area contributed by atoms with Crippen molar-refractivity contribution in [2.24, 2.45) is 5.73 Å². The Balaban J connectivity index is 2.63. The van der Waals surface area contributed by atoms with E-state index >= 15 is 0 Å². The second kappa shape index (κ2) is 4.40. The molecule has 0 aromatic carbocycles. The quantitative estimate of drug-likeness (QED) is 0.754. The predicted molar refractivity (Wildman–Crippen MR) is 51.8 cm³/mol. The van der Waals surface area contributed by atoms with Crippen molar-refractivity contribution >= 4 is 12.0 Å². The number of aromatic nitrogens is 1. The smallest absolute Gasteiger partial charge is 0.221 e. The summed E-state index contributed by atoms with van der Waals surface area (Å²) in [6.45, 7) is 1.92. The normalized spacial score (nSPS) is 10.5. The fourth-order valence-electron chi connectivity index (χ4n) is 0.982. The van der Waals surface area contributed by atoms with Crippen molar-refractivity contribution in [3.8, 4) is 0 Å². The molecular formula is C10H12N2O. The van der Waals surface area contributed by atoms with Gasteiger partial charge in [-0.05, 0) is 24.6 Å². The molecule has 1 heterocycles. The number of hydrogen-bond donors (Lipinski definition) is 1. The maximum atomic E-state index is 10.4. The van der Waals surface area contributed by atoms with Crippen LogP contribution in [-0.4, -0.2) is 10.9 Å². The summed E-state index contributed by atoms with van der Waals surface area (Å²) in [5, 5.41) is 0. The van der Waals surface area contributed by atoms with E-state index < -0.39 is 0 Å². The summed E-state index contributed by atoms with van der Waals surface area (Å²) >= 11 is 0. The third kappa shape index (κ3) is 3.51. The molecule has 1 aromatic rings. The first kappa shape index (κ1) is 9.45. The molecule has 0 aliphatic rings. The topological polar surface area (TPSA) is 56.0 Å². The van der Waals surface area contributed by atoms with Crippen molar-refractivity contribution in [1.29, 1.82) is 0 Å². The van der Waals surface area contributed by atoms with Gasteiger partial charge in [-0.15, -0.1) is 0 Å². The van der Waals surface area contributed by atoms with Gasteiger partial charge in [-0.25, -0.2) is 0 Å². The monoisotopic (exact) mass is 176 g/mol. The van der Waals surface area contributed by atoms with E-state index in [2.05, 4.69) is 4.98 Å². The Morgan fingerprint density at radius 3 is 3.08 bits per heavy atom. The van der Waals surface area contributed by atoms with Crippen molar-refractivity contribution < 1.29 is 4.79 Å². The van der Waals surface area contributed by atoms with Crippen LogP contribution in [0, 0.1) is 6.92 Å². The number of carbonyl (C=O) groups excluding carboxylic acids is 1. The summed E-state index contributed by atoms with van der Waals surface area (Å²) < 4.78 is 0. The molecule has 0 bridgehead atoms. The second-order valence-electron chi connectivity index (χ2n) is 2.80. The Hall–Kier alpha value is -1.64. The molecule has 0 aliphatic carbocycles. The summed E-state index contributed by atoms with van der Waals surface area (Å²) in [6.07, 6.45) is 5.62. The third-order valence-electron chi connectivity index (χ3n) is 1.55. The minimum Gasteiger partial charge on any atom is -0.369 e. The van der Waals surface area contributed by atoms with Crippen LogP contribution in [0.5, 0.6) is 0 Å². The number of nitrogens with zero attached hydrogens (tertiary/aromatic N) is 1. The Kier molecular flexibility index (Phi) is 3.20. The highest BCUT2D eigenvalue weighted by atomic mass is 16.1. The van der Waals surface area contributed by atoms with E-state index in [9.17, 15) is 4.79 Å². The largest absolute Gasteiger partial charge is 0.369 e. The molecule has 0 saturated heterocycles. The zero-order valence-electron chi connectivity index (χ0n) is 7.53. The predicted octanol–water partition coefficient (Wildman–Crippen LogP) is 1.28. The summed E-state index contributed by atoms with van der Waals surface area (Å²) in [5.74, 6) is -0.318. The Morgan fingerprint density at radius 1 is 1.69 bits per heavy atom. The number of aryl methyl sites for hydroxylation is 1. The first-order valence-corrected chi connectivity index (χ1v) is 4.06. The molecule has 0 fully saturated rings. The number of hydrogen-bond acceptors (Lipinski definition) is 2. The van der Waals surface area contributed by atoms with Gasteiger partial charge in [0.05, 0.1) is 0 Å². The van der Waals surface area contributed by atoms with Crippen molar-refractivity contribution in [3.63, 3.8) is 0 Å². The molecule has 1 aromatic heterocycles. The molecule has 3 nitrogen and oxygen atoms in total. The van der Waals surface area contributed by atoms with Gasteiger partial charge < -0.3 is 5.73 Å². The van der Waals surface area contributed by atoms with Crippen LogP contribution in [0.3, 0.4) is 0 Å². The van der Waals surface area contributed by atoms with E-state index in [1.165, 1.54) is 0 Å². The van der Waals surface area contributed by atoms with Crippen molar-refractivity contribution in [1.82, 2.24) is 4.98 Å². The molecule has 1 amide bonds. The number of amides is 1. The van der Waals surface area contributed by atoms with Crippen LogP contribution in [0.4, 0.5) is 0 Å². The Bertz CT molecular complexity index is 331. The van der Waals surface area contributed by atoms with Crippen LogP contribution in [0.25, 0.3) is 6.08 Å². The van der Waals surface area contributed by atoms with Gasteiger partial charge in [-0.1, -0.05) is 12.2 Å². The highest BCUT2D eigenvalue weighted by Crippen LogP contribution is 2.03. The van der Waals surface area contributed by atoms with Crippen LogP contribution in [0.1, 0.15) is 17.7 Å². The van der Waals surface area contributed by atoms with Gasteiger partial charge >= 0.3 is 0 Å². The first-order chi connectivity index (χ1) is 6.18. The minimum absolute atomic E-state index is 0.279. The molecule has 0 spiro atoms. The molecule has 68 valence electrons. The lowest BCUT2D eigenvalue weighted by Gasteiger charge is -1.93. The summed E-state index contributed by atoms with van der Waals surface area (Å²) in [7, 11) is 0. The molecule has 0 unspecified atom stereocenters. The van der Waals surface area contributed by atoms with Crippen molar-refractivity contribution in [2.45, 2.75) is 13.3 Å². The Morgan fingerprint density at radius 2 is 2.46 bits per heavy atom. The van der Waals surface area contributed by atoms with Crippen LogP contribution < -0.4 is 5.73 Å². The minimum atomic E-state index is -0.318. The maximum absolute atomic E-state index is 10.4. The first-order valence-electron chi connectivity index (χ1n) is 4.06. The second-order valence-corrected chi connectivity index (χ2v) is 2.80. The van der Waals surface area contributed by atoms with E-state index in [1.807, 2.05) is 25.1 Å². The van der Waals surface area contributed by atoms with E-state index in [4.69, 9.17) is 5.73 Å². The zero-order valence-corrected chi connectivity index (χ0v) is 7.53. The molecule has 3 heteroatoms. The van der Waals surface area contributed by atoms with Crippen LogP contribution in [0.2, 0.25) is 0 Å². The SMILES string of the molecule is Cc1cc(C=CCC(N)=O)ccn1. The summed E-state index contributed by atoms with van der Waals surface area (Å²) in [4.78, 5) is 14.5. The van der Waals surface area contributed by atoms with Crippen LogP contribution in [0.15, 0.2) is 24.4 Å². The van der Waals surface area contributed by atoms with Gasteiger partial charge in [-0.2, -0.15) is 0 Å². The lowest BCUT2D eigenvalue weighted by atomic mass is 10.2. The molecule has 2 N–H and O–H groups in total. The number of nitrogens with two attached hydrogens (primary N) is 1. The molecule has 0 saturated carbocycles. The van der Waals surface area contributed by atoms with E-state index in [1.54, 1.807) is 12.3 Å². The zero-order chi connectivity index (χ0) is 9.68. The molecule has 1 rings (SSSR count). The van der Waals surface area contributed by atoms with Crippen LogP contribution >= 0.6 is 0 Å². The number of rotatable bonds is 3. The van der Waals surface area contributed by atoms with Gasteiger partial charge in [0.25, 0.3) is 0 Å². The molecule has 0 atom stereocenters. The third-order valence-corrected chi connectivity index (χ3v) is 1.55. The van der Waals surface area contributed by atoms with Crippen molar-refractivity contribution in [2.75, 3.05) is 0 Å². The fourth-order valence-corrected chi connectivity index (χ4v) is 0.982. The number of pyridine rings is 1. The molecule has 0 radical (unpaired) electrons. The average molecular weight is 176 g/mol. The average Bonchev–Trinajstić information content (AvgIpc) is 2.03. The Labute approximate surface area is 77.3 Å². The van der Waals surface area contributed by atoms with Gasteiger partial charge in [0.2, 0.25) is 5.91 Å². The van der Waals surface area contributed by atoms with Crippen LogP contribution in [-0.2, 0) is 4.79 Å². The lowest BCUT2D eigenvalue weighted by Crippen LogP contribution is -2.07. The lowest BCUT2D eigenvalue weighted by molar-refractivity contribution is -0.117. The van der Waals surface area contributed by atoms with E-state index in [-0.39, 0.29) is 12.3 Å². The highest BCUT2D eigenvalue weighted by molar-refractivity contribution is 5.76. The number of primary amides is 1. The standard InChI is InChI=1S/C10H12N2O/c1-8-7-9(5-6-12-8)3-2-4-10(11)13/h2-3,5-7H,4H2,1H3,(H2,11,13).